The van der Waals surface area contributed by atoms with Crippen molar-refractivity contribution in [2.24, 2.45) is 5.92 Å². The van der Waals surface area contributed by atoms with Crippen LogP contribution in [0, 0.1) is 5.92 Å². The van der Waals surface area contributed by atoms with Crippen LogP contribution in [0.25, 0.3) is 0 Å². The number of carbonyl (C=O) groups is 2. The molecule has 0 radical (unpaired) electrons. The Balaban J connectivity index is 2.66. The van der Waals surface area contributed by atoms with Crippen LogP contribution < -0.4 is 10.6 Å². The second-order valence-corrected chi connectivity index (χ2v) is 7.66. The molecule has 0 aliphatic carbocycles. The van der Waals surface area contributed by atoms with Crippen LogP contribution in [0.2, 0.25) is 0 Å². The zero-order chi connectivity index (χ0) is 19.3. The summed E-state index contributed by atoms with van der Waals surface area (Å²) in [6.45, 7) is 12.0. The van der Waals surface area contributed by atoms with Gasteiger partial charge in [-0.1, -0.05) is 26.0 Å². The molecule has 1 aromatic carbocycles. The highest BCUT2D eigenvalue weighted by Gasteiger charge is 2.24. The van der Waals surface area contributed by atoms with Crippen molar-refractivity contribution in [3.63, 3.8) is 0 Å². The molecule has 2 N–H and O–H groups in total. The topological polar surface area (TPSA) is 67.4 Å². The maximum Gasteiger partial charge on any atom is 0.251 e. The zero-order valence-corrected chi connectivity index (χ0v) is 16.5. The Bertz CT molecular complexity index is 591. The van der Waals surface area contributed by atoms with E-state index in [1.807, 2.05) is 53.7 Å². The second-order valence-electron chi connectivity index (χ2n) is 7.66. The molecule has 1 atom stereocenters. The summed E-state index contributed by atoms with van der Waals surface area (Å²) >= 11 is 0. The molecule has 0 spiro atoms. The van der Waals surface area contributed by atoms with Crippen LogP contribution in [-0.4, -0.2) is 31.0 Å². The molecule has 0 heterocycles. The van der Waals surface area contributed by atoms with Gasteiger partial charge in [-0.05, 0) is 51.8 Å². The van der Waals surface area contributed by atoms with E-state index in [2.05, 4.69) is 10.6 Å². The molecular formula is C20H32N2O3. The van der Waals surface area contributed by atoms with E-state index in [-0.39, 0.29) is 17.7 Å². The van der Waals surface area contributed by atoms with Crippen molar-refractivity contribution < 1.29 is 14.3 Å². The van der Waals surface area contributed by atoms with E-state index in [9.17, 15) is 9.59 Å². The number of benzene rings is 1. The lowest BCUT2D eigenvalue weighted by atomic mass is 9.96. The first kappa shape index (κ1) is 21.2. The molecule has 1 aromatic rings. The van der Waals surface area contributed by atoms with Gasteiger partial charge in [-0.3, -0.25) is 9.59 Å². The summed E-state index contributed by atoms with van der Waals surface area (Å²) in [6.07, 6.45) is 0.790. The minimum atomic E-state index is -0.506. The number of nitrogens with one attached hydrogen (secondary N) is 2. The molecule has 1 rings (SSSR count). The summed E-state index contributed by atoms with van der Waals surface area (Å²) in [6, 6.07) is 7.37. The van der Waals surface area contributed by atoms with Crippen LogP contribution in [-0.2, 0) is 15.1 Å². The van der Waals surface area contributed by atoms with Crippen molar-refractivity contribution in [3.05, 3.63) is 35.4 Å². The first-order valence-corrected chi connectivity index (χ1v) is 8.78. The third-order valence-electron chi connectivity index (χ3n) is 4.57. The largest absolute Gasteiger partial charge is 0.374 e. The SMILES string of the molecule is CCC(C)C(=O)NC(C)(C)CNC(=O)c1ccc(C(C)(C)OC)cc1. The number of hydrogen-bond donors (Lipinski definition) is 2. The fourth-order valence-corrected chi connectivity index (χ4v) is 2.23. The molecule has 0 aromatic heterocycles. The average Bonchev–Trinajstić information content (AvgIpc) is 2.58. The van der Waals surface area contributed by atoms with Crippen molar-refractivity contribution in [1.82, 2.24) is 10.6 Å². The summed E-state index contributed by atoms with van der Waals surface area (Å²) in [4.78, 5) is 24.4. The molecule has 25 heavy (non-hydrogen) atoms. The maximum atomic E-state index is 12.3. The van der Waals surface area contributed by atoms with Crippen LogP contribution >= 0.6 is 0 Å². The third-order valence-corrected chi connectivity index (χ3v) is 4.57. The highest BCUT2D eigenvalue weighted by Crippen LogP contribution is 2.23. The monoisotopic (exact) mass is 348 g/mol. The Morgan fingerprint density at radius 3 is 2.16 bits per heavy atom. The Morgan fingerprint density at radius 1 is 1.12 bits per heavy atom. The Labute approximate surface area is 151 Å². The number of rotatable bonds is 8. The second kappa shape index (κ2) is 8.48. The molecule has 0 bridgehead atoms. The lowest BCUT2D eigenvalue weighted by molar-refractivity contribution is -0.126. The molecule has 0 saturated carbocycles. The fraction of sp³-hybridized carbons (Fsp3) is 0.600. The van der Waals surface area contributed by atoms with E-state index in [0.29, 0.717) is 12.1 Å². The van der Waals surface area contributed by atoms with Gasteiger partial charge in [0, 0.05) is 25.1 Å². The number of ether oxygens (including phenoxy) is 1. The van der Waals surface area contributed by atoms with E-state index in [1.54, 1.807) is 19.2 Å². The minimum absolute atomic E-state index is 0.00731. The Morgan fingerprint density at radius 2 is 1.68 bits per heavy atom. The fourth-order valence-electron chi connectivity index (χ4n) is 2.23. The van der Waals surface area contributed by atoms with Crippen molar-refractivity contribution in [1.29, 1.82) is 0 Å². The molecule has 0 aliphatic heterocycles. The normalized spacial score (nSPS) is 13.2. The molecule has 0 aliphatic rings. The molecular weight excluding hydrogens is 316 g/mol. The van der Waals surface area contributed by atoms with Gasteiger partial charge < -0.3 is 15.4 Å². The maximum absolute atomic E-state index is 12.3. The molecule has 0 fully saturated rings. The van der Waals surface area contributed by atoms with Crippen molar-refractivity contribution in [3.8, 4) is 0 Å². The van der Waals surface area contributed by atoms with Crippen LogP contribution in [0.4, 0.5) is 0 Å². The van der Waals surface area contributed by atoms with Gasteiger partial charge in [-0.25, -0.2) is 0 Å². The summed E-state index contributed by atoms with van der Waals surface area (Å²) < 4.78 is 5.44. The molecule has 1 unspecified atom stereocenters. The summed E-state index contributed by atoms with van der Waals surface area (Å²) in [7, 11) is 1.66. The van der Waals surface area contributed by atoms with Gasteiger partial charge in [0.05, 0.1) is 11.1 Å². The van der Waals surface area contributed by atoms with E-state index >= 15 is 0 Å². The molecule has 0 saturated heterocycles. The molecule has 2 amide bonds. The van der Waals surface area contributed by atoms with Crippen LogP contribution in [0.3, 0.4) is 0 Å². The molecule has 5 nitrogen and oxygen atoms in total. The van der Waals surface area contributed by atoms with Gasteiger partial charge in [-0.2, -0.15) is 0 Å². The van der Waals surface area contributed by atoms with Crippen molar-refractivity contribution in [2.75, 3.05) is 13.7 Å². The summed E-state index contributed by atoms with van der Waals surface area (Å²) in [5, 5.41) is 5.87. The number of methoxy groups -OCH3 is 1. The summed E-state index contributed by atoms with van der Waals surface area (Å²) in [5.41, 5.74) is 0.693. The van der Waals surface area contributed by atoms with Gasteiger partial charge >= 0.3 is 0 Å². The molecule has 140 valence electrons. The highest BCUT2D eigenvalue weighted by molar-refractivity contribution is 5.94. The lowest BCUT2D eigenvalue weighted by Gasteiger charge is -2.28. The van der Waals surface area contributed by atoms with E-state index in [1.165, 1.54) is 0 Å². The first-order chi connectivity index (χ1) is 11.5. The predicted octanol–water partition coefficient (Wildman–Crippen LogP) is 3.24. The van der Waals surface area contributed by atoms with Crippen LogP contribution in [0.15, 0.2) is 24.3 Å². The minimum Gasteiger partial charge on any atom is -0.374 e. The van der Waals surface area contributed by atoms with Gasteiger partial charge in [0.15, 0.2) is 0 Å². The summed E-state index contributed by atoms with van der Waals surface area (Å²) in [5.74, 6) is -0.188. The van der Waals surface area contributed by atoms with Gasteiger partial charge in [-0.15, -0.1) is 0 Å². The third kappa shape index (κ3) is 6.16. The van der Waals surface area contributed by atoms with E-state index in [0.717, 1.165) is 12.0 Å². The standard InChI is InChI=1S/C20H32N2O3/c1-8-14(2)17(23)22-19(3,4)13-21-18(24)15-9-11-16(12-10-15)20(5,6)25-7/h9-12,14H,8,13H2,1-7H3,(H,21,24)(H,22,23). The highest BCUT2D eigenvalue weighted by atomic mass is 16.5. The smallest absolute Gasteiger partial charge is 0.251 e. The van der Waals surface area contributed by atoms with Crippen LogP contribution in [0.1, 0.15) is 63.9 Å². The molecule has 5 heteroatoms. The predicted molar refractivity (Wildman–Crippen MR) is 100 cm³/mol. The number of carbonyl (C=O) groups excluding carboxylic acids is 2. The van der Waals surface area contributed by atoms with Gasteiger partial charge in [0.1, 0.15) is 0 Å². The quantitative estimate of drug-likeness (QED) is 0.758. The van der Waals surface area contributed by atoms with Crippen molar-refractivity contribution >= 4 is 11.8 Å². The van der Waals surface area contributed by atoms with Gasteiger partial charge in [0.25, 0.3) is 5.91 Å². The van der Waals surface area contributed by atoms with Crippen molar-refractivity contribution in [2.45, 2.75) is 59.1 Å². The lowest BCUT2D eigenvalue weighted by Crippen LogP contribution is -2.52. The first-order valence-electron chi connectivity index (χ1n) is 8.78. The van der Waals surface area contributed by atoms with Crippen LogP contribution in [0.5, 0.6) is 0 Å². The van der Waals surface area contributed by atoms with Gasteiger partial charge in [0.2, 0.25) is 5.91 Å². The van der Waals surface area contributed by atoms with E-state index in [4.69, 9.17) is 4.74 Å². The number of amides is 2. The number of hydrogen-bond acceptors (Lipinski definition) is 3. The van der Waals surface area contributed by atoms with E-state index < -0.39 is 11.1 Å². The zero-order valence-electron chi connectivity index (χ0n) is 16.5. The Kier molecular flexibility index (Phi) is 7.17. The average molecular weight is 348 g/mol. The Hall–Kier alpha value is -1.88.